The molecule has 0 radical (unpaired) electrons. The van der Waals surface area contributed by atoms with E-state index in [0.29, 0.717) is 11.6 Å². The molecule has 0 saturated carbocycles. The quantitative estimate of drug-likeness (QED) is 0.800. The zero-order valence-electron chi connectivity index (χ0n) is 9.53. The average Bonchev–Trinajstić information content (AvgIpc) is 2.59. The van der Waals surface area contributed by atoms with Gasteiger partial charge < -0.3 is 5.73 Å². The fraction of sp³-hybridized carbons (Fsp3) is 0.364. The van der Waals surface area contributed by atoms with E-state index < -0.39 is 5.91 Å². The Labute approximate surface area is 93.1 Å². The van der Waals surface area contributed by atoms with Crippen molar-refractivity contribution in [2.24, 2.45) is 5.73 Å². The Morgan fingerprint density at radius 1 is 1.50 bits per heavy atom. The minimum absolute atomic E-state index is 0.266. The normalized spacial score (nSPS) is 11.2. The highest BCUT2D eigenvalue weighted by atomic mass is 16.1. The predicted octanol–water partition coefficient (Wildman–Crippen LogP) is 1.49. The molecule has 3 N–H and O–H groups in total. The number of nitrogens with one attached hydrogen (secondary N) is 1. The highest BCUT2D eigenvalue weighted by molar-refractivity contribution is 5.94. The lowest BCUT2D eigenvalue weighted by molar-refractivity contribution is 0.0996. The number of hydrogen-bond donors (Lipinski definition) is 2. The smallest absolute Gasteiger partial charge is 0.267 e. The van der Waals surface area contributed by atoms with Crippen LogP contribution < -0.4 is 5.73 Å². The van der Waals surface area contributed by atoms with Crippen LogP contribution in [0.2, 0.25) is 0 Å². The Kier molecular flexibility index (Phi) is 2.38. The summed E-state index contributed by atoms with van der Waals surface area (Å²) < 4.78 is 0. The van der Waals surface area contributed by atoms with Crippen LogP contribution in [0, 0.1) is 6.92 Å². The molecule has 0 bridgehead atoms. The van der Waals surface area contributed by atoms with Gasteiger partial charge in [-0.15, -0.1) is 0 Å². The monoisotopic (exact) mass is 218 g/mol. The van der Waals surface area contributed by atoms with Crippen LogP contribution in [-0.4, -0.2) is 21.1 Å². The van der Waals surface area contributed by atoms with Gasteiger partial charge in [0.25, 0.3) is 5.91 Å². The van der Waals surface area contributed by atoms with Gasteiger partial charge in [0.2, 0.25) is 0 Å². The predicted molar refractivity (Wildman–Crippen MR) is 61.2 cm³/mol. The number of rotatable bonds is 2. The highest BCUT2D eigenvalue weighted by Gasteiger charge is 2.15. The Morgan fingerprint density at radius 2 is 2.19 bits per heavy atom. The van der Waals surface area contributed by atoms with E-state index in [1.165, 1.54) is 0 Å². The molecule has 1 amide bonds. The molecule has 0 atom stereocenters. The third-order valence-electron chi connectivity index (χ3n) is 2.61. The molecule has 0 aliphatic rings. The minimum atomic E-state index is -0.524. The summed E-state index contributed by atoms with van der Waals surface area (Å²) in [5, 5.41) is 7.92. The zero-order chi connectivity index (χ0) is 11.9. The number of aryl methyl sites for hydroxylation is 1. The van der Waals surface area contributed by atoms with Crippen LogP contribution in [0.1, 0.15) is 41.5 Å². The van der Waals surface area contributed by atoms with Crippen molar-refractivity contribution in [1.82, 2.24) is 15.2 Å². The summed E-state index contributed by atoms with van der Waals surface area (Å²) in [6.45, 7) is 6.06. The summed E-state index contributed by atoms with van der Waals surface area (Å²) in [4.78, 5) is 15.3. The van der Waals surface area contributed by atoms with Crippen molar-refractivity contribution in [3.8, 4) is 0 Å². The fourth-order valence-electron chi connectivity index (χ4n) is 1.79. The molecule has 0 saturated heterocycles. The second-order valence-electron chi connectivity index (χ2n) is 4.16. The summed E-state index contributed by atoms with van der Waals surface area (Å²) in [5.41, 5.74) is 8.07. The molecule has 0 fully saturated rings. The van der Waals surface area contributed by atoms with Crippen LogP contribution in [0.25, 0.3) is 11.0 Å². The first-order valence-electron chi connectivity index (χ1n) is 5.16. The number of primary amides is 1. The third kappa shape index (κ3) is 1.54. The topological polar surface area (TPSA) is 84.7 Å². The van der Waals surface area contributed by atoms with Crippen molar-refractivity contribution < 1.29 is 4.79 Å². The van der Waals surface area contributed by atoms with E-state index in [1.54, 1.807) is 6.07 Å². The summed E-state index contributed by atoms with van der Waals surface area (Å²) in [6, 6.07) is 1.75. The number of aromatic amines is 1. The first kappa shape index (κ1) is 10.6. The first-order valence-corrected chi connectivity index (χ1v) is 5.16. The molecule has 0 aromatic carbocycles. The van der Waals surface area contributed by atoms with E-state index in [1.807, 2.05) is 6.92 Å². The van der Waals surface area contributed by atoms with Crippen molar-refractivity contribution in [3.63, 3.8) is 0 Å². The Hall–Kier alpha value is -1.91. The summed E-state index contributed by atoms with van der Waals surface area (Å²) in [7, 11) is 0. The van der Waals surface area contributed by atoms with Crippen molar-refractivity contribution >= 4 is 16.9 Å². The molecule has 0 aliphatic heterocycles. The fourth-order valence-corrected chi connectivity index (χ4v) is 1.79. The summed E-state index contributed by atoms with van der Waals surface area (Å²) in [6.07, 6.45) is 0. The number of nitrogens with zero attached hydrogens (tertiary/aromatic N) is 2. The van der Waals surface area contributed by atoms with Gasteiger partial charge in [-0.1, -0.05) is 13.8 Å². The van der Waals surface area contributed by atoms with Crippen molar-refractivity contribution in [1.29, 1.82) is 0 Å². The SMILES string of the molecule is Cc1[nH]nc2nc(C(N)=O)cc(C(C)C)c12. The van der Waals surface area contributed by atoms with Crippen molar-refractivity contribution in [2.45, 2.75) is 26.7 Å². The largest absolute Gasteiger partial charge is 0.364 e. The number of nitrogens with two attached hydrogens (primary N) is 1. The molecule has 2 aromatic rings. The molecule has 5 heteroatoms. The lowest BCUT2D eigenvalue weighted by atomic mass is 9.99. The van der Waals surface area contributed by atoms with E-state index in [9.17, 15) is 4.79 Å². The number of H-pyrrole nitrogens is 1. The second-order valence-corrected chi connectivity index (χ2v) is 4.16. The molecular formula is C11H14N4O. The van der Waals surface area contributed by atoms with Crippen LogP contribution in [0.4, 0.5) is 0 Å². The van der Waals surface area contributed by atoms with Gasteiger partial charge in [-0.25, -0.2) is 4.98 Å². The maximum Gasteiger partial charge on any atom is 0.267 e. The van der Waals surface area contributed by atoms with Gasteiger partial charge in [0.15, 0.2) is 5.65 Å². The number of amides is 1. The van der Waals surface area contributed by atoms with Gasteiger partial charge in [0.1, 0.15) is 5.69 Å². The summed E-state index contributed by atoms with van der Waals surface area (Å²) >= 11 is 0. The number of hydrogen-bond acceptors (Lipinski definition) is 3. The van der Waals surface area contributed by atoms with Gasteiger partial charge in [-0.2, -0.15) is 5.10 Å². The Morgan fingerprint density at radius 3 is 2.75 bits per heavy atom. The Balaban J connectivity index is 2.81. The molecule has 16 heavy (non-hydrogen) atoms. The lowest BCUT2D eigenvalue weighted by Crippen LogP contribution is -2.14. The molecular weight excluding hydrogens is 204 g/mol. The number of pyridine rings is 1. The Bertz CT molecular complexity index is 556. The van der Waals surface area contributed by atoms with E-state index in [0.717, 1.165) is 16.6 Å². The number of carbonyl (C=O) groups excluding carboxylic acids is 1. The van der Waals surface area contributed by atoms with Crippen LogP contribution in [-0.2, 0) is 0 Å². The maximum absolute atomic E-state index is 11.1. The standard InChI is InChI=1S/C11H14N4O/c1-5(2)7-4-8(10(12)16)13-11-9(7)6(3)14-15-11/h4-5H,1-3H3,(H2,12,16)(H,13,14,15). The third-order valence-corrected chi connectivity index (χ3v) is 2.61. The molecule has 84 valence electrons. The highest BCUT2D eigenvalue weighted by Crippen LogP contribution is 2.26. The van der Waals surface area contributed by atoms with Crippen LogP contribution in [0.15, 0.2) is 6.07 Å². The van der Waals surface area contributed by atoms with Gasteiger partial charge in [0.05, 0.1) is 0 Å². The molecule has 5 nitrogen and oxygen atoms in total. The maximum atomic E-state index is 11.1. The van der Waals surface area contributed by atoms with Crippen LogP contribution >= 0.6 is 0 Å². The van der Waals surface area contributed by atoms with E-state index in [4.69, 9.17) is 5.73 Å². The number of aromatic nitrogens is 3. The second kappa shape index (κ2) is 3.59. The zero-order valence-corrected chi connectivity index (χ0v) is 9.53. The van der Waals surface area contributed by atoms with Crippen molar-refractivity contribution in [3.05, 3.63) is 23.0 Å². The molecule has 2 aromatic heterocycles. The molecule has 0 spiro atoms. The van der Waals surface area contributed by atoms with Crippen LogP contribution in [0.5, 0.6) is 0 Å². The number of carbonyl (C=O) groups is 1. The van der Waals surface area contributed by atoms with Crippen molar-refractivity contribution in [2.75, 3.05) is 0 Å². The van der Waals surface area contributed by atoms with E-state index in [-0.39, 0.29) is 5.69 Å². The van der Waals surface area contributed by atoms with Gasteiger partial charge in [-0.3, -0.25) is 9.89 Å². The van der Waals surface area contributed by atoms with E-state index in [2.05, 4.69) is 29.0 Å². The summed E-state index contributed by atoms with van der Waals surface area (Å²) in [5.74, 6) is -0.232. The number of fused-ring (bicyclic) bond motifs is 1. The molecule has 0 unspecified atom stereocenters. The lowest BCUT2D eigenvalue weighted by Gasteiger charge is -2.08. The first-order chi connectivity index (χ1) is 7.50. The molecule has 0 aliphatic carbocycles. The van der Waals surface area contributed by atoms with Crippen LogP contribution in [0.3, 0.4) is 0 Å². The molecule has 2 rings (SSSR count). The van der Waals surface area contributed by atoms with Gasteiger partial charge in [0, 0.05) is 11.1 Å². The van der Waals surface area contributed by atoms with Gasteiger partial charge >= 0.3 is 0 Å². The van der Waals surface area contributed by atoms with Gasteiger partial charge in [-0.05, 0) is 24.5 Å². The van der Waals surface area contributed by atoms with E-state index >= 15 is 0 Å². The minimum Gasteiger partial charge on any atom is -0.364 e. The molecule has 2 heterocycles. The average molecular weight is 218 g/mol.